The maximum absolute atomic E-state index is 5.92. The van der Waals surface area contributed by atoms with Crippen LogP contribution in [-0.4, -0.2) is 50.5 Å². The quantitative estimate of drug-likeness (QED) is 0.695. The Bertz CT molecular complexity index is 321. The number of aryl methyl sites for hydroxylation is 1. The van der Waals surface area contributed by atoms with Gasteiger partial charge in [0.1, 0.15) is 16.8 Å². The summed E-state index contributed by atoms with van der Waals surface area (Å²) >= 11 is 5.92. The normalized spacial score (nSPS) is 10.6. The lowest BCUT2D eigenvalue weighted by atomic mass is 10.4. The van der Waals surface area contributed by atoms with E-state index in [1.165, 1.54) is 0 Å². The first-order valence-electron chi connectivity index (χ1n) is 5.41. The van der Waals surface area contributed by atoms with Crippen LogP contribution >= 0.6 is 11.6 Å². The van der Waals surface area contributed by atoms with Gasteiger partial charge in [-0.2, -0.15) is 0 Å². The maximum Gasteiger partial charge on any atom is 0.134 e. The molecule has 0 fully saturated rings. The molecule has 0 aliphatic heterocycles. The van der Waals surface area contributed by atoms with Gasteiger partial charge in [0.15, 0.2) is 0 Å². The topological polar surface area (TPSA) is 47.5 Å². The van der Waals surface area contributed by atoms with Gasteiger partial charge < -0.3 is 14.4 Å². The predicted molar refractivity (Wildman–Crippen MR) is 67.7 cm³/mol. The predicted octanol–water partition coefficient (Wildman–Crippen LogP) is 1.54. The summed E-state index contributed by atoms with van der Waals surface area (Å²) in [5, 5.41) is 0.451. The number of nitrogens with zero attached hydrogens (tertiary/aromatic N) is 3. The molecule has 0 amide bonds. The number of aromatic nitrogens is 2. The minimum atomic E-state index is 0.451. The van der Waals surface area contributed by atoms with Crippen molar-refractivity contribution >= 4 is 17.4 Å². The number of methoxy groups -OCH3 is 2. The highest BCUT2D eigenvalue weighted by molar-refractivity contribution is 6.29. The molecule has 1 aromatic heterocycles. The summed E-state index contributed by atoms with van der Waals surface area (Å²) in [6.45, 7) is 4.56. The fourth-order valence-electron chi connectivity index (χ4n) is 1.42. The molecular weight excluding hydrogens is 242 g/mol. The van der Waals surface area contributed by atoms with E-state index in [0.717, 1.165) is 18.9 Å². The number of hydrogen-bond donors (Lipinski definition) is 0. The molecule has 0 radical (unpaired) electrons. The average Bonchev–Trinajstić information content (AvgIpc) is 2.28. The Morgan fingerprint density at radius 2 is 1.76 bits per heavy atom. The Morgan fingerprint density at radius 3 is 2.24 bits per heavy atom. The molecular formula is C11H18ClN3O2. The minimum absolute atomic E-state index is 0.451. The van der Waals surface area contributed by atoms with E-state index >= 15 is 0 Å². The lowest BCUT2D eigenvalue weighted by molar-refractivity contribution is 0.190. The first-order chi connectivity index (χ1) is 8.17. The van der Waals surface area contributed by atoms with Crippen molar-refractivity contribution < 1.29 is 9.47 Å². The van der Waals surface area contributed by atoms with Crippen molar-refractivity contribution in [3.05, 3.63) is 17.0 Å². The van der Waals surface area contributed by atoms with Crippen molar-refractivity contribution in [1.29, 1.82) is 0 Å². The van der Waals surface area contributed by atoms with E-state index in [1.54, 1.807) is 20.3 Å². The first-order valence-corrected chi connectivity index (χ1v) is 5.79. The number of anilines is 1. The number of ether oxygens (including phenoxy) is 2. The molecule has 0 aromatic carbocycles. The maximum atomic E-state index is 5.92. The van der Waals surface area contributed by atoms with Crippen LogP contribution in [0.3, 0.4) is 0 Å². The van der Waals surface area contributed by atoms with Crippen molar-refractivity contribution in [1.82, 2.24) is 9.97 Å². The van der Waals surface area contributed by atoms with Gasteiger partial charge in [-0.15, -0.1) is 0 Å². The van der Waals surface area contributed by atoms with Gasteiger partial charge in [0.25, 0.3) is 0 Å². The van der Waals surface area contributed by atoms with Gasteiger partial charge in [-0.3, -0.25) is 0 Å². The monoisotopic (exact) mass is 259 g/mol. The van der Waals surface area contributed by atoms with Gasteiger partial charge in [-0.05, 0) is 6.92 Å². The smallest absolute Gasteiger partial charge is 0.134 e. The van der Waals surface area contributed by atoms with Crippen LogP contribution in [0, 0.1) is 6.92 Å². The molecule has 0 saturated carbocycles. The Morgan fingerprint density at radius 1 is 1.18 bits per heavy atom. The highest BCUT2D eigenvalue weighted by atomic mass is 35.5. The third-order valence-electron chi connectivity index (χ3n) is 2.25. The molecule has 0 atom stereocenters. The molecule has 17 heavy (non-hydrogen) atoms. The summed E-state index contributed by atoms with van der Waals surface area (Å²) in [6.07, 6.45) is 0. The van der Waals surface area contributed by atoms with Crippen LogP contribution in [0.2, 0.25) is 5.15 Å². The molecule has 0 spiro atoms. The van der Waals surface area contributed by atoms with Crippen LogP contribution in [0.4, 0.5) is 5.82 Å². The van der Waals surface area contributed by atoms with E-state index in [-0.39, 0.29) is 0 Å². The van der Waals surface area contributed by atoms with Crippen LogP contribution in [-0.2, 0) is 9.47 Å². The zero-order chi connectivity index (χ0) is 12.7. The average molecular weight is 260 g/mol. The summed E-state index contributed by atoms with van der Waals surface area (Å²) in [6, 6.07) is 1.75. The molecule has 0 saturated heterocycles. The molecule has 5 nitrogen and oxygen atoms in total. The van der Waals surface area contributed by atoms with Gasteiger partial charge in [-0.25, -0.2) is 9.97 Å². The summed E-state index contributed by atoms with van der Waals surface area (Å²) in [5.74, 6) is 1.46. The summed E-state index contributed by atoms with van der Waals surface area (Å²) < 4.78 is 10.2. The molecule has 0 N–H and O–H groups in total. The van der Waals surface area contributed by atoms with Crippen LogP contribution in [0.1, 0.15) is 5.82 Å². The second-order valence-corrected chi connectivity index (χ2v) is 3.96. The Labute approximate surface area is 107 Å². The molecule has 1 rings (SSSR count). The van der Waals surface area contributed by atoms with Crippen molar-refractivity contribution in [2.75, 3.05) is 45.4 Å². The van der Waals surface area contributed by atoms with Crippen molar-refractivity contribution in [3.8, 4) is 0 Å². The largest absolute Gasteiger partial charge is 0.383 e. The standard InChI is InChI=1S/C11H18ClN3O2/c1-9-13-10(12)8-11(14-9)15(4-6-16-2)5-7-17-3/h8H,4-7H2,1-3H3. The van der Waals surface area contributed by atoms with E-state index in [0.29, 0.717) is 24.2 Å². The van der Waals surface area contributed by atoms with Crippen molar-refractivity contribution in [2.45, 2.75) is 6.92 Å². The highest BCUT2D eigenvalue weighted by Gasteiger charge is 2.09. The number of hydrogen-bond acceptors (Lipinski definition) is 5. The van der Waals surface area contributed by atoms with E-state index in [2.05, 4.69) is 14.9 Å². The minimum Gasteiger partial charge on any atom is -0.383 e. The number of rotatable bonds is 7. The lowest BCUT2D eigenvalue weighted by Gasteiger charge is -2.23. The lowest BCUT2D eigenvalue weighted by Crippen LogP contribution is -2.31. The van der Waals surface area contributed by atoms with Gasteiger partial charge in [-0.1, -0.05) is 11.6 Å². The third kappa shape index (κ3) is 4.85. The van der Waals surface area contributed by atoms with E-state index in [4.69, 9.17) is 21.1 Å². The molecule has 1 heterocycles. The number of halogens is 1. The highest BCUT2D eigenvalue weighted by Crippen LogP contribution is 2.15. The van der Waals surface area contributed by atoms with Crippen LogP contribution in [0.25, 0.3) is 0 Å². The second kappa shape index (κ2) is 7.42. The van der Waals surface area contributed by atoms with Gasteiger partial charge in [0, 0.05) is 33.4 Å². The van der Waals surface area contributed by atoms with E-state index in [1.807, 2.05) is 6.92 Å². The van der Waals surface area contributed by atoms with Crippen molar-refractivity contribution in [2.24, 2.45) is 0 Å². The van der Waals surface area contributed by atoms with Crippen molar-refractivity contribution in [3.63, 3.8) is 0 Å². The SMILES string of the molecule is COCCN(CCOC)c1cc(Cl)nc(C)n1. The Balaban J connectivity index is 2.78. The van der Waals surface area contributed by atoms with Crippen LogP contribution in [0.15, 0.2) is 6.07 Å². The summed E-state index contributed by atoms with van der Waals surface area (Å²) in [5.41, 5.74) is 0. The Hall–Kier alpha value is -0.910. The second-order valence-electron chi connectivity index (χ2n) is 3.57. The van der Waals surface area contributed by atoms with Crippen LogP contribution in [0.5, 0.6) is 0 Å². The zero-order valence-corrected chi connectivity index (χ0v) is 11.2. The van der Waals surface area contributed by atoms with Gasteiger partial charge >= 0.3 is 0 Å². The summed E-state index contributed by atoms with van der Waals surface area (Å²) in [4.78, 5) is 10.5. The van der Waals surface area contributed by atoms with Gasteiger partial charge in [0.05, 0.1) is 13.2 Å². The fraction of sp³-hybridized carbons (Fsp3) is 0.636. The molecule has 0 aliphatic carbocycles. The first kappa shape index (κ1) is 14.2. The fourth-order valence-corrected chi connectivity index (χ4v) is 1.64. The molecule has 0 bridgehead atoms. The molecule has 0 aliphatic rings. The van der Waals surface area contributed by atoms with Gasteiger partial charge in [0.2, 0.25) is 0 Å². The molecule has 0 unspecified atom stereocenters. The van der Waals surface area contributed by atoms with Crippen LogP contribution < -0.4 is 4.90 Å². The zero-order valence-electron chi connectivity index (χ0n) is 10.4. The molecule has 96 valence electrons. The van der Waals surface area contributed by atoms with E-state index in [9.17, 15) is 0 Å². The Kier molecular flexibility index (Phi) is 6.18. The third-order valence-corrected chi connectivity index (χ3v) is 2.44. The molecule has 6 heteroatoms. The van der Waals surface area contributed by atoms with E-state index < -0.39 is 0 Å². The molecule has 1 aromatic rings. The summed E-state index contributed by atoms with van der Waals surface area (Å²) in [7, 11) is 3.35.